The van der Waals surface area contributed by atoms with E-state index in [4.69, 9.17) is 0 Å². The van der Waals surface area contributed by atoms with Crippen molar-refractivity contribution >= 4 is 11.6 Å². The molecule has 3 unspecified atom stereocenters. The smallest absolute Gasteiger partial charge is 0.228 e. The number of benzene rings is 1. The molecule has 2 heteroatoms. The van der Waals surface area contributed by atoms with Crippen molar-refractivity contribution in [3.63, 3.8) is 0 Å². The van der Waals surface area contributed by atoms with Crippen LogP contribution in [0.3, 0.4) is 0 Å². The number of carbonyl (C=O) groups excluding carboxylic acids is 1. The average molecular weight is 338 g/mol. The molecule has 0 aromatic heterocycles. The molecule has 2 aliphatic carbocycles. The van der Waals surface area contributed by atoms with Gasteiger partial charge in [-0.05, 0) is 82.3 Å². The fourth-order valence-corrected chi connectivity index (χ4v) is 4.45. The topological polar surface area (TPSA) is 29.1 Å². The first kappa shape index (κ1) is 18.0. The molecule has 1 aromatic carbocycles. The van der Waals surface area contributed by atoms with E-state index in [1.165, 1.54) is 5.56 Å². The quantitative estimate of drug-likeness (QED) is 0.671. The van der Waals surface area contributed by atoms with Crippen LogP contribution in [-0.4, -0.2) is 5.91 Å². The Morgan fingerprint density at radius 3 is 1.84 bits per heavy atom. The van der Waals surface area contributed by atoms with E-state index in [9.17, 15) is 4.79 Å². The zero-order chi connectivity index (χ0) is 17.8. The summed E-state index contributed by atoms with van der Waals surface area (Å²) in [4.78, 5) is 12.9. The molecule has 0 spiro atoms. The maximum absolute atomic E-state index is 12.9. The Balaban J connectivity index is 1.68. The minimum atomic E-state index is 0.197. The van der Waals surface area contributed by atoms with Gasteiger partial charge in [0.2, 0.25) is 5.91 Å². The molecule has 2 nitrogen and oxygen atoms in total. The highest BCUT2D eigenvalue weighted by Gasteiger charge is 2.52. The summed E-state index contributed by atoms with van der Waals surface area (Å²) in [6.07, 6.45) is 16.0. The van der Waals surface area contributed by atoms with Crippen LogP contribution in [0, 0.1) is 38.5 Å². The second-order valence-electron chi connectivity index (χ2n) is 7.79. The summed E-state index contributed by atoms with van der Waals surface area (Å²) in [5, 5.41) is 3.25. The Hall–Kier alpha value is -1.83. The van der Waals surface area contributed by atoms with Gasteiger partial charge in [-0.2, -0.15) is 0 Å². The van der Waals surface area contributed by atoms with E-state index < -0.39 is 0 Å². The summed E-state index contributed by atoms with van der Waals surface area (Å²) in [5.74, 6) is 1.54. The summed E-state index contributed by atoms with van der Waals surface area (Å²) in [5.41, 5.74) is 4.59. The van der Waals surface area contributed by atoms with Gasteiger partial charge in [-0.15, -0.1) is 0 Å². The molecule has 25 heavy (non-hydrogen) atoms. The zero-order valence-electron chi connectivity index (χ0n) is 15.8. The molecule has 2 aliphatic rings. The minimum absolute atomic E-state index is 0.197. The molecule has 0 saturated heterocycles. The first-order valence-electron chi connectivity index (χ1n) is 9.76. The number of hydrogen-bond donors (Lipinski definition) is 1. The lowest BCUT2D eigenvalue weighted by molar-refractivity contribution is -0.117. The van der Waals surface area contributed by atoms with Gasteiger partial charge in [0.25, 0.3) is 0 Å². The van der Waals surface area contributed by atoms with Crippen molar-refractivity contribution < 1.29 is 4.79 Å². The zero-order valence-corrected chi connectivity index (χ0v) is 15.8. The van der Waals surface area contributed by atoms with Crippen LogP contribution in [0.2, 0.25) is 0 Å². The summed E-state index contributed by atoms with van der Waals surface area (Å²) >= 11 is 0. The molecule has 1 amide bonds. The van der Waals surface area contributed by atoms with Crippen LogP contribution < -0.4 is 5.32 Å². The Labute approximate surface area is 152 Å². The number of nitrogens with one attached hydrogen (secondary N) is 1. The molecule has 3 atom stereocenters. The van der Waals surface area contributed by atoms with E-state index >= 15 is 0 Å². The molecule has 1 saturated carbocycles. The highest BCUT2D eigenvalue weighted by Crippen LogP contribution is 2.52. The highest BCUT2D eigenvalue weighted by atomic mass is 16.2. The van der Waals surface area contributed by atoms with Gasteiger partial charge in [0.15, 0.2) is 0 Å². The standard InChI is InChI=1S/C23H31NO/c1-16-14-17(2)22(18(3)15-16)24-23(25)21-19-12-10-8-6-4-5-7-9-11-13-20(19)21/h6-9,14-15,19-21H,4-5,10-13H2,1-3H3,(H,24,25)/b8-6-,9-7+. The third-order valence-corrected chi connectivity index (χ3v) is 5.73. The van der Waals surface area contributed by atoms with E-state index in [1.807, 2.05) is 0 Å². The number of anilines is 1. The van der Waals surface area contributed by atoms with Crippen LogP contribution in [0.25, 0.3) is 0 Å². The normalized spacial score (nSPS) is 28.8. The van der Waals surface area contributed by atoms with Gasteiger partial charge in [-0.3, -0.25) is 4.79 Å². The van der Waals surface area contributed by atoms with Crippen LogP contribution in [0.5, 0.6) is 0 Å². The van der Waals surface area contributed by atoms with Gasteiger partial charge in [0.05, 0.1) is 0 Å². The van der Waals surface area contributed by atoms with Crippen LogP contribution in [0.15, 0.2) is 36.4 Å². The number of rotatable bonds is 2. The van der Waals surface area contributed by atoms with Crippen molar-refractivity contribution in [3.8, 4) is 0 Å². The van der Waals surface area contributed by atoms with E-state index in [0.29, 0.717) is 11.8 Å². The van der Waals surface area contributed by atoms with E-state index in [1.54, 1.807) is 0 Å². The van der Waals surface area contributed by atoms with Crippen molar-refractivity contribution in [2.45, 2.75) is 59.3 Å². The lowest BCUT2D eigenvalue weighted by Gasteiger charge is -2.13. The van der Waals surface area contributed by atoms with Crippen molar-refractivity contribution in [2.24, 2.45) is 17.8 Å². The van der Waals surface area contributed by atoms with Crippen molar-refractivity contribution in [2.75, 3.05) is 5.32 Å². The maximum Gasteiger partial charge on any atom is 0.228 e. The fourth-order valence-electron chi connectivity index (χ4n) is 4.45. The lowest BCUT2D eigenvalue weighted by Crippen LogP contribution is -2.17. The van der Waals surface area contributed by atoms with Crippen LogP contribution in [-0.2, 0) is 4.79 Å². The summed E-state index contributed by atoms with van der Waals surface area (Å²) in [6, 6.07) is 4.30. The van der Waals surface area contributed by atoms with Gasteiger partial charge in [0.1, 0.15) is 0 Å². The average Bonchev–Trinajstić information content (AvgIpc) is 3.23. The SMILES string of the molecule is Cc1cc(C)c(NC(=O)C2C3CC/C=C\CC/C=C/CCC32)c(C)c1. The molecule has 0 heterocycles. The monoisotopic (exact) mass is 337 g/mol. The molecule has 1 fully saturated rings. The van der Waals surface area contributed by atoms with E-state index in [-0.39, 0.29) is 11.8 Å². The summed E-state index contributed by atoms with van der Waals surface area (Å²) in [7, 11) is 0. The van der Waals surface area contributed by atoms with Crippen molar-refractivity contribution in [3.05, 3.63) is 53.1 Å². The Morgan fingerprint density at radius 2 is 1.32 bits per heavy atom. The molecule has 1 aromatic rings. The molecule has 0 bridgehead atoms. The fraction of sp³-hybridized carbons (Fsp3) is 0.522. The Kier molecular flexibility index (Phi) is 5.78. The van der Waals surface area contributed by atoms with Gasteiger partial charge >= 0.3 is 0 Å². The first-order chi connectivity index (χ1) is 12.1. The van der Waals surface area contributed by atoms with Gasteiger partial charge in [0, 0.05) is 11.6 Å². The third-order valence-electron chi connectivity index (χ3n) is 5.73. The van der Waals surface area contributed by atoms with E-state index in [0.717, 1.165) is 55.3 Å². The number of fused-ring (bicyclic) bond motifs is 1. The van der Waals surface area contributed by atoms with Gasteiger partial charge in [-0.1, -0.05) is 42.0 Å². The second kappa shape index (κ2) is 8.03. The summed E-state index contributed by atoms with van der Waals surface area (Å²) in [6.45, 7) is 6.28. The third kappa shape index (κ3) is 4.42. The van der Waals surface area contributed by atoms with Gasteiger partial charge in [-0.25, -0.2) is 0 Å². The molecule has 1 N–H and O–H groups in total. The number of amides is 1. The number of aryl methyl sites for hydroxylation is 3. The molecule has 134 valence electrons. The van der Waals surface area contributed by atoms with Crippen LogP contribution in [0.4, 0.5) is 5.69 Å². The highest BCUT2D eigenvalue weighted by molar-refractivity contribution is 5.96. The molecule has 0 aliphatic heterocycles. The maximum atomic E-state index is 12.9. The van der Waals surface area contributed by atoms with Crippen LogP contribution in [0.1, 0.15) is 55.2 Å². The summed E-state index contributed by atoms with van der Waals surface area (Å²) < 4.78 is 0. The Morgan fingerprint density at radius 1 is 0.840 bits per heavy atom. The molecule has 0 radical (unpaired) electrons. The molecular weight excluding hydrogens is 306 g/mol. The number of carbonyl (C=O) groups is 1. The van der Waals surface area contributed by atoms with Gasteiger partial charge < -0.3 is 5.32 Å². The second-order valence-corrected chi connectivity index (χ2v) is 7.79. The Bertz CT molecular complexity index is 638. The largest absolute Gasteiger partial charge is 0.325 e. The number of allylic oxidation sites excluding steroid dienone is 4. The molecule has 3 rings (SSSR count). The lowest BCUT2D eigenvalue weighted by atomic mass is 10.0. The first-order valence-corrected chi connectivity index (χ1v) is 9.76. The van der Waals surface area contributed by atoms with Crippen molar-refractivity contribution in [1.29, 1.82) is 0 Å². The van der Waals surface area contributed by atoms with Crippen LogP contribution >= 0.6 is 0 Å². The number of hydrogen-bond acceptors (Lipinski definition) is 1. The predicted octanol–water partition coefficient (Wildman–Crippen LogP) is 5.88. The predicted molar refractivity (Wildman–Crippen MR) is 106 cm³/mol. The molecular formula is C23H31NO. The van der Waals surface area contributed by atoms with E-state index in [2.05, 4.69) is 62.5 Å². The minimum Gasteiger partial charge on any atom is -0.325 e. The van der Waals surface area contributed by atoms with Crippen molar-refractivity contribution in [1.82, 2.24) is 0 Å².